The van der Waals surface area contributed by atoms with Crippen LogP contribution >= 0.6 is 23.2 Å². The molecular formula is C19H20Cl2N2O2. The zero-order valence-corrected chi connectivity index (χ0v) is 16.1. The molecule has 0 aliphatic rings. The molecule has 2 aromatic rings. The number of hydrazine groups is 1. The fraction of sp³-hybridized carbons (Fsp3) is 0.263. The summed E-state index contributed by atoms with van der Waals surface area (Å²) < 4.78 is 0. The highest BCUT2D eigenvalue weighted by Crippen LogP contribution is 2.23. The summed E-state index contributed by atoms with van der Waals surface area (Å²) >= 11 is 11.9. The van der Waals surface area contributed by atoms with Gasteiger partial charge in [0.15, 0.2) is 0 Å². The van der Waals surface area contributed by atoms with Crippen LogP contribution in [0.15, 0.2) is 42.5 Å². The first-order chi connectivity index (χ1) is 11.6. The molecule has 1 N–H and O–H groups in total. The van der Waals surface area contributed by atoms with Crippen molar-refractivity contribution in [1.29, 1.82) is 0 Å². The molecule has 0 saturated heterocycles. The number of rotatable bonds is 2. The number of nitrogens with one attached hydrogen (secondary N) is 1. The number of benzene rings is 2. The molecule has 25 heavy (non-hydrogen) atoms. The van der Waals surface area contributed by atoms with Gasteiger partial charge in [0.05, 0.1) is 15.6 Å². The molecule has 4 nitrogen and oxygen atoms in total. The smallest absolute Gasteiger partial charge is 0.267 e. The number of hydrogen-bond acceptors (Lipinski definition) is 2. The van der Waals surface area contributed by atoms with Crippen molar-refractivity contribution in [2.24, 2.45) is 0 Å². The summed E-state index contributed by atoms with van der Waals surface area (Å²) in [5, 5.41) is 1.98. The van der Waals surface area contributed by atoms with E-state index >= 15 is 0 Å². The Labute approximate surface area is 157 Å². The summed E-state index contributed by atoms with van der Waals surface area (Å²) in [6.45, 7) is 7.39. The van der Waals surface area contributed by atoms with Gasteiger partial charge in [-0.2, -0.15) is 0 Å². The minimum absolute atomic E-state index is 0.279. The molecule has 0 unspecified atom stereocenters. The number of hydrogen-bond donors (Lipinski definition) is 1. The van der Waals surface area contributed by atoms with Crippen molar-refractivity contribution in [3.63, 3.8) is 0 Å². The van der Waals surface area contributed by atoms with Gasteiger partial charge in [-0.3, -0.25) is 15.0 Å². The number of halogens is 2. The number of carbonyl (C=O) groups excluding carboxylic acids is 2. The van der Waals surface area contributed by atoms with E-state index in [1.807, 2.05) is 39.8 Å². The Morgan fingerprint density at radius 1 is 1.00 bits per heavy atom. The molecule has 2 rings (SSSR count). The van der Waals surface area contributed by atoms with Gasteiger partial charge in [0, 0.05) is 11.1 Å². The summed E-state index contributed by atoms with van der Waals surface area (Å²) in [5.41, 5.74) is 3.76. The molecule has 0 spiro atoms. The van der Waals surface area contributed by atoms with Crippen LogP contribution in [0.1, 0.15) is 47.1 Å². The molecule has 0 heterocycles. The minimum Gasteiger partial charge on any atom is -0.267 e. The molecule has 2 amide bonds. The minimum atomic E-state index is -0.620. The third kappa shape index (κ3) is 4.53. The molecule has 0 aromatic heterocycles. The Morgan fingerprint density at radius 3 is 2.20 bits per heavy atom. The number of carbonyl (C=O) groups is 2. The highest BCUT2D eigenvalue weighted by atomic mass is 35.5. The molecule has 0 aliphatic carbocycles. The van der Waals surface area contributed by atoms with E-state index in [0.29, 0.717) is 16.1 Å². The van der Waals surface area contributed by atoms with Gasteiger partial charge in [0.1, 0.15) is 0 Å². The van der Waals surface area contributed by atoms with E-state index in [1.54, 1.807) is 24.3 Å². The van der Waals surface area contributed by atoms with E-state index in [0.717, 1.165) is 5.56 Å². The van der Waals surface area contributed by atoms with Crippen LogP contribution in [0, 0.1) is 6.92 Å². The number of nitrogens with zero attached hydrogens (tertiary/aromatic N) is 1. The standard InChI is InChI=1S/C19H20Cl2N2O2/c1-12-7-5-6-8-14(12)18(25)23(19(2,3)4)22-17(24)13-9-10-15(20)16(21)11-13/h5-11H,1-4H3,(H,22,24). The second-order valence-corrected chi connectivity index (χ2v) is 7.51. The number of amides is 2. The quantitative estimate of drug-likeness (QED) is 0.756. The lowest BCUT2D eigenvalue weighted by Crippen LogP contribution is -2.56. The normalized spacial score (nSPS) is 11.1. The van der Waals surface area contributed by atoms with Gasteiger partial charge in [0.25, 0.3) is 11.8 Å². The van der Waals surface area contributed by atoms with Crippen LogP contribution in [-0.4, -0.2) is 22.4 Å². The van der Waals surface area contributed by atoms with E-state index in [-0.39, 0.29) is 10.9 Å². The van der Waals surface area contributed by atoms with Gasteiger partial charge in [0.2, 0.25) is 0 Å². The van der Waals surface area contributed by atoms with Crippen LogP contribution in [0.2, 0.25) is 10.0 Å². The Hall–Kier alpha value is -2.04. The fourth-order valence-corrected chi connectivity index (χ4v) is 2.56. The average molecular weight is 379 g/mol. The average Bonchev–Trinajstić information content (AvgIpc) is 2.53. The monoisotopic (exact) mass is 378 g/mol. The summed E-state index contributed by atoms with van der Waals surface area (Å²) in [7, 11) is 0. The van der Waals surface area contributed by atoms with Crippen LogP contribution in [0.25, 0.3) is 0 Å². The maximum Gasteiger partial charge on any atom is 0.273 e. The van der Waals surface area contributed by atoms with Crippen molar-refractivity contribution in [3.8, 4) is 0 Å². The van der Waals surface area contributed by atoms with E-state index in [9.17, 15) is 9.59 Å². The van der Waals surface area contributed by atoms with Crippen molar-refractivity contribution in [2.45, 2.75) is 33.2 Å². The zero-order valence-electron chi connectivity index (χ0n) is 14.6. The SMILES string of the molecule is Cc1ccccc1C(=O)N(NC(=O)c1ccc(Cl)c(Cl)c1)C(C)(C)C. The maximum atomic E-state index is 13.0. The summed E-state index contributed by atoms with van der Waals surface area (Å²) in [5.74, 6) is -0.713. The van der Waals surface area contributed by atoms with Gasteiger partial charge in [-0.1, -0.05) is 41.4 Å². The Bertz CT molecular complexity index is 813. The van der Waals surface area contributed by atoms with Crippen molar-refractivity contribution < 1.29 is 9.59 Å². The topological polar surface area (TPSA) is 49.4 Å². The lowest BCUT2D eigenvalue weighted by molar-refractivity contribution is 0.0358. The molecule has 2 aromatic carbocycles. The molecule has 0 bridgehead atoms. The largest absolute Gasteiger partial charge is 0.273 e. The van der Waals surface area contributed by atoms with Gasteiger partial charge in [-0.05, 0) is 57.5 Å². The Kier molecular flexibility index (Phi) is 5.76. The maximum absolute atomic E-state index is 13.0. The highest BCUT2D eigenvalue weighted by molar-refractivity contribution is 6.42. The lowest BCUT2D eigenvalue weighted by Gasteiger charge is -2.35. The molecule has 0 aliphatic heterocycles. The van der Waals surface area contributed by atoms with E-state index in [4.69, 9.17) is 23.2 Å². The highest BCUT2D eigenvalue weighted by Gasteiger charge is 2.30. The molecule has 0 atom stereocenters. The van der Waals surface area contributed by atoms with Gasteiger partial charge < -0.3 is 0 Å². The molecular weight excluding hydrogens is 359 g/mol. The Morgan fingerprint density at radius 2 is 1.64 bits per heavy atom. The summed E-state index contributed by atoms with van der Waals surface area (Å²) in [6.07, 6.45) is 0. The first-order valence-electron chi connectivity index (χ1n) is 7.77. The van der Waals surface area contributed by atoms with Gasteiger partial charge in [-0.15, -0.1) is 0 Å². The van der Waals surface area contributed by atoms with Crippen molar-refractivity contribution in [1.82, 2.24) is 10.4 Å². The van der Waals surface area contributed by atoms with Crippen molar-refractivity contribution in [2.75, 3.05) is 0 Å². The first-order valence-corrected chi connectivity index (χ1v) is 8.53. The van der Waals surface area contributed by atoms with Crippen LogP contribution < -0.4 is 5.43 Å². The van der Waals surface area contributed by atoms with Crippen LogP contribution in [-0.2, 0) is 0 Å². The van der Waals surface area contributed by atoms with E-state index < -0.39 is 11.4 Å². The Balaban J connectivity index is 2.32. The van der Waals surface area contributed by atoms with E-state index in [2.05, 4.69) is 5.43 Å². The second kappa shape index (κ2) is 7.46. The first kappa shape index (κ1) is 19.3. The lowest BCUT2D eigenvalue weighted by atomic mass is 10.0. The predicted molar refractivity (Wildman–Crippen MR) is 101 cm³/mol. The summed E-state index contributed by atoms with van der Waals surface area (Å²) in [6, 6.07) is 11.8. The van der Waals surface area contributed by atoms with Crippen LogP contribution in [0.3, 0.4) is 0 Å². The van der Waals surface area contributed by atoms with Crippen LogP contribution in [0.5, 0.6) is 0 Å². The third-order valence-electron chi connectivity index (χ3n) is 3.64. The molecule has 6 heteroatoms. The zero-order chi connectivity index (χ0) is 18.8. The van der Waals surface area contributed by atoms with Crippen molar-refractivity contribution >= 4 is 35.0 Å². The fourth-order valence-electron chi connectivity index (χ4n) is 2.26. The van der Waals surface area contributed by atoms with E-state index in [1.165, 1.54) is 11.1 Å². The van der Waals surface area contributed by atoms with Crippen LogP contribution in [0.4, 0.5) is 0 Å². The molecule has 0 saturated carbocycles. The molecule has 0 radical (unpaired) electrons. The number of aryl methyl sites for hydroxylation is 1. The molecule has 0 fully saturated rings. The second-order valence-electron chi connectivity index (χ2n) is 6.70. The van der Waals surface area contributed by atoms with Gasteiger partial charge >= 0.3 is 0 Å². The van der Waals surface area contributed by atoms with Crippen molar-refractivity contribution in [3.05, 3.63) is 69.2 Å². The van der Waals surface area contributed by atoms with Gasteiger partial charge in [-0.25, -0.2) is 5.01 Å². The predicted octanol–water partition coefficient (Wildman–Crippen LogP) is 4.89. The summed E-state index contributed by atoms with van der Waals surface area (Å²) in [4.78, 5) is 25.5. The third-order valence-corrected chi connectivity index (χ3v) is 4.38. The molecule has 132 valence electrons.